The van der Waals surface area contributed by atoms with Crippen molar-refractivity contribution in [3.8, 4) is 0 Å². The zero-order valence-electron chi connectivity index (χ0n) is 8.45. The molecule has 2 heterocycles. The lowest BCUT2D eigenvalue weighted by Gasteiger charge is -2.30. The maximum atomic E-state index is 11.9. The Morgan fingerprint density at radius 3 is 2.87 bits per heavy atom. The molecule has 4 nitrogen and oxygen atoms in total. The molecule has 1 N–H and O–H groups in total. The van der Waals surface area contributed by atoms with Crippen molar-refractivity contribution < 1.29 is 4.79 Å². The van der Waals surface area contributed by atoms with Crippen LogP contribution in [0.15, 0.2) is 12.3 Å². The second kappa shape index (κ2) is 4.66. The Morgan fingerprint density at radius 1 is 1.60 bits per heavy atom. The van der Waals surface area contributed by atoms with Gasteiger partial charge in [-0.3, -0.25) is 9.89 Å². The quantitative estimate of drug-likeness (QED) is 0.779. The van der Waals surface area contributed by atoms with E-state index in [-0.39, 0.29) is 5.91 Å². The predicted molar refractivity (Wildman–Crippen MR) is 57.9 cm³/mol. The minimum Gasteiger partial charge on any atom is -0.337 e. The molecule has 1 amide bonds. The standard InChI is InChI=1S/C10H14ClN3O/c11-7-8-2-5-14(6-3-8)10(15)9-1-4-12-13-9/h1,4,8H,2-3,5-7H2,(H,12,13). The lowest BCUT2D eigenvalue weighted by atomic mass is 9.99. The zero-order valence-corrected chi connectivity index (χ0v) is 9.20. The average Bonchev–Trinajstić information content (AvgIpc) is 2.82. The number of nitrogens with zero attached hydrogens (tertiary/aromatic N) is 2. The number of aromatic nitrogens is 2. The van der Waals surface area contributed by atoms with Gasteiger partial charge >= 0.3 is 0 Å². The van der Waals surface area contributed by atoms with Crippen LogP contribution in [0, 0.1) is 5.92 Å². The van der Waals surface area contributed by atoms with Crippen LogP contribution < -0.4 is 0 Å². The predicted octanol–water partition coefficient (Wildman–Crippen LogP) is 1.50. The highest BCUT2D eigenvalue weighted by Crippen LogP contribution is 2.19. The third-order valence-electron chi connectivity index (χ3n) is 2.85. The first-order chi connectivity index (χ1) is 7.31. The van der Waals surface area contributed by atoms with Gasteiger partial charge in [0.1, 0.15) is 5.69 Å². The summed E-state index contributed by atoms with van der Waals surface area (Å²) < 4.78 is 0. The lowest BCUT2D eigenvalue weighted by Crippen LogP contribution is -2.39. The highest BCUT2D eigenvalue weighted by molar-refractivity contribution is 6.18. The third kappa shape index (κ3) is 2.31. The Kier molecular flexibility index (Phi) is 3.26. The van der Waals surface area contributed by atoms with Crippen LogP contribution in [0.1, 0.15) is 23.3 Å². The molecule has 15 heavy (non-hydrogen) atoms. The van der Waals surface area contributed by atoms with E-state index in [4.69, 9.17) is 11.6 Å². The van der Waals surface area contributed by atoms with E-state index in [0.29, 0.717) is 17.5 Å². The molecule has 1 saturated heterocycles. The number of piperidine rings is 1. The van der Waals surface area contributed by atoms with Crippen LogP contribution in [0.4, 0.5) is 0 Å². The van der Waals surface area contributed by atoms with Crippen molar-refractivity contribution in [1.29, 1.82) is 0 Å². The first kappa shape index (κ1) is 10.5. The molecule has 0 bridgehead atoms. The third-order valence-corrected chi connectivity index (χ3v) is 3.29. The molecule has 0 spiro atoms. The summed E-state index contributed by atoms with van der Waals surface area (Å²) in [4.78, 5) is 13.7. The van der Waals surface area contributed by atoms with Crippen molar-refractivity contribution in [3.05, 3.63) is 18.0 Å². The van der Waals surface area contributed by atoms with Crippen LogP contribution in [-0.4, -0.2) is 40.0 Å². The minimum absolute atomic E-state index is 0.0422. The molecular weight excluding hydrogens is 214 g/mol. The fraction of sp³-hybridized carbons (Fsp3) is 0.600. The van der Waals surface area contributed by atoms with Crippen molar-refractivity contribution in [2.24, 2.45) is 5.92 Å². The van der Waals surface area contributed by atoms with Crippen LogP contribution in [-0.2, 0) is 0 Å². The number of likely N-dealkylation sites (tertiary alicyclic amines) is 1. The topological polar surface area (TPSA) is 49.0 Å². The fourth-order valence-electron chi connectivity index (χ4n) is 1.84. The molecule has 1 aromatic heterocycles. The van der Waals surface area contributed by atoms with E-state index in [1.165, 1.54) is 0 Å². The van der Waals surface area contributed by atoms with Crippen LogP contribution in [0.3, 0.4) is 0 Å². The number of carbonyl (C=O) groups is 1. The smallest absolute Gasteiger partial charge is 0.271 e. The second-order valence-corrected chi connectivity index (χ2v) is 4.17. The highest BCUT2D eigenvalue weighted by Gasteiger charge is 2.23. The molecule has 2 rings (SSSR count). The van der Waals surface area contributed by atoms with E-state index < -0.39 is 0 Å². The normalized spacial score (nSPS) is 18.1. The molecule has 0 radical (unpaired) electrons. The summed E-state index contributed by atoms with van der Waals surface area (Å²) in [6, 6.07) is 1.70. The van der Waals surface area contributed by atoms with Gasteiger partial charge in [-0.25, -0.2) is 0 Å². The molecule has 1 aliphatic heterocycles. The summed E-state index contributed by atoms with van der Waals surface area (Å²) in [5.41, 5.74) is 0.569. The van der Waals surface area contributed by atoms with Crippen molar-refractivity contribution in [2.45, 2.75) is 12.8 Å². The van der Waals surface area contributed by atoms with E-state index in [1.807, 2.05) is 4.90 Å². The zero-order chi connectivity index (χ0) is 10.7. The number of alkyl halides is 1. The van der Waals surface area contributed by atoms with E-state index in [2.05, 4.69) is 10.2 Å². The summed E-state index contributed by atoms with van der Waals surface area (Å²) >= 11 is 5.79. The van der Waals surface area contributed by atoms with E-state index in [1.54, 1.807) is 12.3 Å². The molecule has 0 aliphatic carbocycles. The minimum atomic E-state index is 0.0422. The molecule has 0 unspecified atom stereocenters. The number of nitrogens with one attached hydrogen (secondary N) is 1. The molecule has 5 heteroatoms. The van der Waals surface area contributed by atoms with Gasteiger partial charge in [-0.1, -0.05) is 0 Å². The summed E-state index contributed by atoms with van der Waals surface area (Å²) in [5.74, 6) is 1.31. The molecule has 1 aliphatic rings. The first-order valence-corrected chi connectivity index (χ1v) is 5.69. The summed E-state index contributed by atoms with van der Waals surface area (Å²) in [5, 5.41) is 6.47. The van der Waals surface area contributed by atoms with Crippen molar-refractivity contribution in [2.75, 3.05) is 19.0 Å². The monoisotopic (exact) mass is 227 g/mol. The van der Waals surface area contributed by atoms with Gasteiger partial charge < -0.3 is 4.90 Å². The fourth-order valence-corrected chi connectivity index (χ4v) is 2.14. The number of hydrogen-bond acceptors (Lipinski definition) is 2. The highest BCUT2D eigenvalue weighted by atomic mass is 35.5. The molecular formula is C10H14ClN3O. The van der Waals surface area contributed by atoms with E-state index in [9.17, 15) is 4.79 Å². The number of amides is 1. The number of carbonyl (C=O) groups excluding carboxylic acids is 1. The summed E-state index contributed by atoms with van der Waals surface area (Å²) in [7, 11) is 0. The van der Waals surface area contributed by atoms with E-state index >= 15 is 0 Å². The first-order valence-electron chi connectivity index (χ1n) is 5.16. The number of aromatic amines is 1. The van der Waals surface area contributed by atoms with Crippen LogP contribution in [0.25, 0.3) is 0 Å². The maximum Gasteiger partial charge on any atom is 0.271 e. The van der Waals surface area contributed by atoms with Gasteiger partial charge in [0.15, 0.2) is 0 Å². The SMILES string of the molecule is O=C(c1ccn[nH]1)N1CCC(CCl)CC1. The van der Waals surface area contributed by atoms with Crippen LogP contribution in [0.5, 0.6) is 0 Å². The van der Waals surface area contributed by atoms with Gasteiger partial charge in [-0.2, -0.15) is 5.10 Å². The maximum absolute atomic E-state index is 11.9. The summed E-state index contributed by atoms with van der Waals surface area (Å²) in [6.07, 6.45) is 3.60. The number of H-pyrrole nitrogens is 1. The van der Waals surface area contributed by atoms with Crippen molar-refractivity contribution >= 4 is 17.5 Å². The summed E-state index contributed by atoms with van der Waals surface area (Å²) in [6.45, 7) is 1.60. The average molecular weight is 228 g/mol. The molecule has 1 fully saturated rings. The number of rotatable bonds is 2. The van der Waals surface area contributed by atoms with Crippen molar-refractivity contribution in [3.63, 3.8) is 0 Å². The molecule has 1 aromatic rings. The molecule has 82 valence electrons. The van der Waals surface area contributed by atoms with Crippen molar-refractivity contribution in [1.82, 2.24) is 15.1 Å². The van der Waals surface area contributed by atoms with Gasteiger partial charge in [0, 0.05) is 25.2 Å². The number of halogens is 1. The Morgan fingerprint density at radius 2 is 2.33 bits per heavy atom. The Bertz CT molecular complexity index is 317. The van der Waals surface area contributed by atoms with Crippen LogP contribution in [0.2, 0.25) is 0 Å². The number of hydrogen-bond donors (Lipinski definition) is 1. The Hall–Kier alpha value is -1.03. The molecule has 0 atom stereocenters. The lowest BCUT2D eigenvalue weighted by molar-refractivity contribution is 0.0692. The Labute approximate surface area is 93.6 Å². The largest absolute Gasteiger partial charge is 0.337 e. The van der Waals surface area contributed by atoms with Crippen LogP contribution >= 0.6 is 11.6 Å². The molecule has 0 saturated carbocycles. The van der Waals surface area contributed by atoms with E-state index in [0.717, 1.165) is 25.9 Å². The van der Waals surface area contributed by atoms with Gasteiger partial charge in [0.2, 0.25) is 0 Å². The van der Waals surface area contributed by atoms with Gasteiger partial charge in [0.05, 0.1) is 0 Å². The second-order valence-electron chi connectivity index (χ2n) is 3.86. The van der Waals surface area contributed by atoms with Gasteiger partial charge in [-0.15, -0.1) is 11.6 Å². The van der Waals surface area contributed by atoms with Gasteiger partial charge in [-0.05, 0) is 24.8 Å². The Balaban J connectivity index is 1.93. The molecule has 0 aromatic carbocycles. The van der Waals surface area contributed by atoms with Gasteiger partial charge in [0.25, 0.3) is 5.91 Å².